The van der Waals surface area contributed by atoms with Crippen molar-refractivity contribution in [2.24, 2.45) is 0 Å². The molecule has 0 aliphatic carbocycles. The van der Waals surface area contributed by atoms with Gasteiger partial charge in [0.15, 0.2) is 0 Å². The molecular formula is C20H19ClN2OS. The molecule has 1 saturated heterocycles. The maximum absolute atomic E-state index is 12.7. The Hall–Kier alpha value is -1.91. The third-order valence-electron chi connectivity index (χ3n) is 4.76. The molecular weight excluding hydrogens is 352 g/mol. The van der Waals surface area contributed by atoms with E-state index in [0.717, 1.165) is 47.6 Å². The number of halogens is 1. The predicted molar refractivity (Wildman–Crippen MR) is 104 cm³/mol. The van der Waals surface area contributed by atoms with Gasteiger partial charge in [0.05, 0.1) is 15.2 Å². The lowest BCUT2D eigenvalue weighted by Gasteiger charge is -2.31. The number of hydrogen-bond donors (Lipinski definition) is 0. The molecule has 5 heteroatoms. The number of fused-ring (bicyclic) bond motifs is 1. The van der Waals surface area contributed by atoms with Crippen LogP contribution in [0.3, 0.4) is 0 Å². The van der Waals surface area contributed by atoms with Gasteiger partial charge < -0.3 is 4.90 Å². The van der Waals surface area contributed by atoms with Gasteiger partial charge in [0.2, 0.25) is 0 Å². The van der Waals surface area contributed by atoms with Gasteiger partial charge in [-0.1, -0.05) is 29.3 Å². The molecule has 2 heterocycles. The smallest absolute Gasteiger partial charge is 0.253 e. The van der Waals surface area contributed by atoms with Crippen molar-refractivity contribution in [3.05, 3.63) is 63.6 Å². The molecule has 1 amide bonds. The van der Waals surface area contributed by atoms with Crippen LogP contribution in [0.5, 0.6) is 0 Å². The van der Waals surface area contributed by atoms with E-state index in [0.29, 0.717) is 5.92 Å². The summed E-state index contributed by atoms with van der Waals surface area (Å²) in [5.41, 5.74) is 2.88. The first-order valence-corrected chi connectivity index (χ1v) is 9.71. The van der Waals surface area contributed by atoms with Crippen LogP contribution in [0.1, 0.15) is 39.7 Å². The Morgan fingerprint density at radius 3 is 2.76 bits per heavy atom. The van der Waals surface area contributed by atoms with Crippen LogP contribution in [0.25, 0.3) is 10.2 Å². The molecule has 1 aliphatic rings. The van der Waals surface area contributed by atoms with E-state index in [1.165, 1.54) is 9.71 Å². The number of rotatable bonds is 2. The molecule has 0 bridgehead atoms. The van der Waals surface area contributed by atoms with E-state index in [2.05, 4.69) is 0 Å². The molecule has 0 spiro atoms. The van der Waals surface area contributed by atoms with Crippen molar-refractivity contribution in [2.75, 3.05) is 13.1 Å². The van der Waals surface area contributed by atoms with Crippen LogP contribution in [-0.4, -0.2) is 28.9 Å². The van der Waals surface area contributed by atoms with Crippen LogP contribution >= 0.6 is 22.9 Å². The molecule has 0 unspecified atom stereocenters. The first-order chi connectivity index (χ1) is 12.1. The number of aryl methyl sites for hydroxylation is 1. The van der Waals surface area contributed by atoms with Crippen molar-refractivity contribution in [3.63, 3.8) is 0 Å². The van der Waals surface area contributed by atoms with Crippen LogP contribution < -0.4 is 0 Å². The lowest BCUT2D eigenvalue weighted by atomic mass is 9.97. The minimum Gasteiger partial charge on any atom is -0.339 e. The van der Waals surface area contributed by atoms with Crippen LogP contribution in [0.2, 0.25) is 5.02 Å². The number of benzene rings is 2. The van der Waals surface area contributed by atoms with Crippen molar-refractivity contribution in [2.45, 2.75) is 25.7 Å². The monoisotopic (exact) mass is 370 g/mol. The summed E-state index contributed by atoms with van der Waals surface area (Å²) in [5, 5.41) is 1.89. The topological polar surface area (TPSA) is 33.2 Å². The third-order valence-corrected chi connectivity index (χ3v) is 6.20. The third kappa shape index (κ3) is 3.42. The van der Waals surface area contributed by atoms with Gasteiger partial charge in [0, 0.05) is 29.6 Å². The second kappa shape index (κ2) is 6.77. The number of hydrogen-bond acceptors (Lipinski definition) is 3. The summed E-state index contributed by atoms with van der Waals surface area (Å²) >= 11 is 7.80. The predicted octanol–water partition coefficient (Wildman–Crippen LogP) is 5.28. The summed E-state index contributed by atoms with van der Waals surface area (Å²) in [5.74, 6) is 0.566. The van der Waals surface area contributed by atoms with Crippen molar-refractivity contribution in [1.29, 1.82) is 0 Å². The van der Waals surface area contributed by atoms with Crippen LogP contribution in [-0.2, 0) is 0 Å². The lowest BCUT2D eigenvalue weighted by Crippen LogP contribution is -2.37. The van der Waals surface area contributed by atoms with Crippen molar-refractivity contribution in [1.82, 2.24) is 9.88 Å². The highest BCUT2D eigenvalue weighted by molar-refractivity contribution is 7.18. The molecule has 0 atom stereocenters. The van der Waals surface area contributed by atoms with E-state index < -0.39 is 0 Å². The first-order valence-electron chi connectivity index (χ1n) is 8.52. The Morgan fingerprint density at radius 2 is 2.00 bits per heavy atom. The second-order valence-electron chi connectivity index (χ2n) is 6.60. The number of likely N-dealkylation sites (tertiary alicyclic amines) is 1. The summed E-state index contributed by atoms with van der Waals surface area (Å²) in [4.78, 5) is 19.4. The number of piperidine rings is 1. The van der Waals surface area contributed by atoms with E-state index in [9.17, 15) is 4.79 Å². The molecule has 25 heavy (non-hydrogen) atoms. The van der Waals surface area contributed by atoms with Crippen molar-refractivity contribution >= 4 is 39.1 Å². The van der Waals surface area contributed by atoms with Gasteiger partial charge in [0.25, 0.3) is 5.91 Å². The minimum absolute atomic E-state index is 0.137. The normalized spacial score (nSPS) is 15.7. The molecule has 1 aromatic heterocycles. The Kier molecular flexibility index (Phi) is 4.48. The highest BCUT2D eigenvalue weighted by Gasteiger charge is 2.26. The van der Waals surface area contributed by atoms with Gasteiger partial charge in [-0.3, -0.25) is 4.79 Å². The molecule has 2 aromatic carbocycles. The number of carbonyl (C=O) groups excluding carboxylic acids is 1. The Morgan fingerprint density at radius 1 is 1.20 bits per heavy atom. The fourth-order valence-corrected chi connectivity index (χ4v) is 4.67. The summed E-state index contributed by atoms with van der Waals surface area (Å²) in [6.07, 6.45) is 1.93. The number of amides is 1. The Balaban J connectivity index is 1.46. The molecule has 128 valence electrons. The van der Waals surface area contributed by atoms with Crippen molar-refractivity contribution in [3.8, 4) is 0 Å². The zero-order valence-electron chi connectivity index (χ0n) is 14.0. The van der Waals surface area contributed by atoms with Gasteiger partial charge in [-0.15, -0.1) is 11.3 Å². The van der Waals surface area contributed by atoms with Gasteiger partial charge in [-0.25, -0.2) is 4.98 Å². The number of thiazole rings is 1. The standard InChI is InChI=1S/C20H19ClN2OS/c1-13-3-2-4-15(11-13)20(24)23-9-7-14(8-10-23)19-22-17-12-16(21)5-6-18(17)25-19/h2-6,11-12,14H,7-10H2,1H3. The van der Waals surface area contributed by atoms with Crippen molar-refractivity contribution < 1.29 is 4.79 Å². The number of nitrogens with zero attached hydrogens (tertiary/aromatic N) is 2. The number of aromatic nitrogens is 1. The summed E-state index contributed by atoms with van der Waals surface area (Å²) in [6, 6.07) is 13.7. The highest BCUT2D eigenvalue weighted by Crippen LogP contribution is 2.35. The van der Waals surface area contributed by atoms with E-state index in [1.54, 1.807) is 11.3 Å². The van der Waals surface area contributed by atoms with E-state index in [4.69, 9.17) is 16.6 Å². The molecule has 0 N–H and O–H groups in total. The molecule has 0 saturated carbocycles. The van der Waals surface area contributed by atoms with Gasteiger partial charge in [0.1, 0.15) is 0 Å². The summed E-state index contributed by atoms with van der Waals surface area (Å²) < 4.78 is 1.18. The van der Waals surface area contributed by atoms with Gasteiger partial charge >= 0.3 is 0 Å². The second-order valence-corrected chi connectivity index (χ2v) is 8.10. The quantitative estimate of drug-likeness (QED) is 0.615. The highest BCUT2D eigenvalue weighted by atomic mass is 35.5. The number of carbonyl (C=O) groups is 1. The zero-order valence-corrected chi connectivity index (χ0v) is 15.6. The zero-order chi connectivity index (χ0) is 17.4. The van der Waals surface area contributed by atoms with Crippen LogP contribution in [0.15, 0.2) is 42.5 Å². The maximum atomic E-state index is 12.7. The summed E-state index contributed by atoms with van der Waals surface area (Å²) in [6.45, 7) is 3.59. The van der Waals surface area contributed by atoms with Gasteiger partial charge in [-0.05, 0) is 50.1 Å². The summed E-state index contributed by atoms with van der Waals surface area (Å²) in [7, 11) is 0. The Labute approximate surface area is 156 Å². The molecule has 1 fully saturated rings. The largest absolute Gasteiger partial charge is 0.339 e. The average molecular weight is 371 g/mol. The average Bonchev–Trinajstić information content (AvgIpc) is 3.04. The van der Waals surface area contributed by atoms with E-state index in [-0.39, 0.29) is 5.91 Å². The van der Waals surface area contributed by atoms with Crippen LogP contribution in [0, 0.1) is 6.92 Å². The molecule has 1 aliphatic heterocycles. The molecule has 3 aromatic rings. The van der Waals surface area contributed by atoms with Crippen LogP contribution in [0.4, 0.5) is 0 Å². The van der Waals surface area contributed by atoms with E-state index >= 15 is 0 Å². The lowest BCUT2D eigenvalue weighted by molar-refractivity contribution is 0.0713. The van der Waals surface area contributed by atoms with E-state index in [1.807, 2.05) is 54.3 Å². The first kappa shape index (κ1) is 16.6. The molecule has 3 nitrogen and oxygen atoms in total. The Bertz CT molecular complexity index is 928. The maximum Gasteiger partial charge on any atom is 0.253 e. The van der Waals surface area contributed by atoms with Gasteiger partial charge in [-0.2, -0.15) is 0 Å². The fraction of sp³-hybridized carbons (Fsp3) is 0.300. The minimum atomic E-state index is 0.137. The SMILES string of the molecule is Cc1cccc(C(=O)N2CCC(c3nc4cc(Cl)ccc4s3)CC2)c1. The molecule has 4 rings (SSSR count). The molecule has 0 radical (unpaired) electrons. The fourth-order valence-electron chi connectivity index (χ4n) is 3.38.